The lowest BCUT2D eigenvalue weighted by Crippen LogP contribution is -2.36. The zero-order chi connectivity index (χ0) is 18.4. The second-order valence-corrected chi connectivity index (χ2v) is 7.30. The second kappa shape index (κ2) is 8.80. The number of nitrogens with one attached hydrogen (secondary N) is 1. The summed E-state index contributed by atoms with van der Waals surface area (Å²) in [6, 6.07) is 10.8. The van der Waals surface area contributed by atoms with E-state index >= 15 is 0 Å². The molecule has 1 aromatic carbocycles. The van der Waals surface area contributed by atoms with E-state index < -0.39 is 0 Å². The van der Waals surface area contributed by atoms with E-state index in [-0.39, 0.29) is 11.8 Å². The van der Waals surface area contributed by atoms with Gasteiger partial charge in [0.25, 0.3) is 5.91 Å². The average molecular weight is 370 g/mol. The fourth-order valence-corrected chi connectivity index (χ4v) is 3.44. The van der Waals surface area contributed by atoms with Crippen LogP contribution in [0.1, 0.15) is 35.2 Å². The van der Waals surface area contributed by atoms with Crippen LogP contribution in [0.2, 0.25) is 0 Å². The quantitative estimate of drug-likeness (QED) is 0.819. The minimum atomic E-state index is -0.222. The number of carbonyl (C=O) groups is 2. The number of hydrogen-bond donors (Lipinski definition) is 1. The molecule has 0 saturated carbocycles. The first-order chi connectivity index (χ1) is 12.6. The van der Waals surface area contributed by atoms with Gasteiger partial charge in [0.15, 0.2) is 5.82 Å². The molecule has 1 aromatic heterocycles. The van der Waals surface area contributed by atoms with Gasteiger partial charge in [0.05, 0.1) is 5.75 Å². The molecule has 0 radical (unpaired) electrons. The molecule has 2 heterocycles. The molecule has 1 N–H and O–H groups in total. The van der Waals surface area contributed by atoms with Crippen LogP contribution in [-0.2, 0) is 4.79 Å². The summed E-state index contributed by atoms with van der Waals surface area (Å²) in [5.74, 6) is 0.680. The molecule has 7 heteroatoms. The van der Waals surface area contributed by atoms with Crippen LogP contribution in [0.5, 0.6) is 0 Å². The second-order valence-electron chi connectivity index (χ2n) is 6.31. The van der Waals surface area contributed by atoms with Crippen LogP contribution in [0.15, 0.2) is 41.4 Å². The third-order valence-corrected chi connectivity index (χ3v) is 5.15. The standard InChI is InChI=1S/C19H22N4O2S/c1-14-5-7-15(8-6-14)19(25)20-16-9-10-17(22-21-16)26-13-18(24)23-11-3-2-4-12-23/h5-10H,2-4,11-13H2,1H3,(H,20,21,25). The Labute approximate surface area is 157 Å². The maximum atomic E-state index is 12.2. The van der Waals surface area contributed by atoms with Gasteiger partial charge in [-0.25, -0.2) is 0 Å². The minimum absolute atomic E-state index is 0.147. The third kappa shape index (κ3) is 5.05. The van der Waals surface area contributed by atoms with Crippen LogP contribution in [0.4, 0.5) is 5.82 Å². The first-order valence-electron chi connectivity index (χ1n) is 8.74. The van der Waals surface area contributed by atoms with Crippen LogP contribution < -0.4 is 5.32 Å². The van der Waals surface area contributed by atoms with Crippen molar-refractivity contribution in [3.05, 3.63) is 47.5 Å². The Hall–Kier alpha value is -2.41. The summed E-state index contributed by atoms with van der Waals surface area (Å²) in [6.45, 7) is 3.68. The van der Waals surface area contributed by atoms with Crippen molar-refractivity contribution in [2.75, 3.05) is 24.2 Å². The highest BCUT2D eigenvalue weighted by molar-refractivity contribution is 7.99. The van der Waals surface area contributed by atoms with E-state index in [0.717, 1.165) is 31.5 Å². The molecular formula is C19H22N4O2S. The maximum absolute atomic E-state index is 12.2. The maximum Gasteiger partial charge on any atom is 0.256 e. The zero-order valence-corrected chi connectivity index (χ0v) is 15.6. The lowest BCUT2D eigenvalue weighted by molar-refractivity contribution is -0.129. The number of amides is 2. The van der Waals surface area contributed by atoms with Crippen molar-refractivity contribution >= 4 is 29.4 Å². The van der Waals surface area contributed by atoms with Crippen LogP contribution in [0.3, 0.4) is 0 Å². The molecule has 0 unspecified atom stereocenters. The molecule has 2 amide bonds. The Morgan fingerprint density at radius 2 is 1.77 bits per heavy atom. The minimum Gasteiger partial charge on any atom is -0.342 e. The van der Waals surface area contributed by atoms with Gasteiger partial charge in [0.2, 0.25) is 5.91 Å². The summed E-state index contributed by atoms with van der Waals surface area (Å²) in [5, 5.41) is 11.5. The van der Waals surface area contributed by atoms with E-state index in [1.54, 1.807) is 24.3 Å². The highest BCUT2D eigenvalue weighted by atomic mass is 32.2. The summed E-state index contributed by atoms with van der Waals surface area (Å²) < 4.78 is 0. The van der Waals surface area contributed by atoms with E-state index in [1.807, 2.05) is 24.0 Å². The van der Waals surface area contributed by atoms with E-state index in [1.165, 1.54) is 18.2 Å². The highest BCUT2D eigenvalue weighted by Gasteiger charge is 2.16. The Balaban J connectivity index is 1.50. The van der Waals surface area contributed by atoms with Crippen molar-refractivity contribution < 1.29 is 9.59 Å². The van der Waals surface area contributed by atoms with E-state index in [9.17, 15) is 9.59 Å². The zero-order valence-electron chi connectivity index (χ0n) is 14.8. The molecule has 0 bridgehead atoms. The molecular weight excluding hydrogens is 348 g/mol. The van der Waals surface area contributed by atoms with Crippen molar-refractivity contribution in [1.29, 1.82) is 0 Å². The van der Waals surface area contributed by atoms with Gasteiger partial charge in [-0.3, -0.25) is 9.59 Å². The number of hydrogen-bond acceptors (Lipinski definition) is 5. The third-order valence-electron chi connectivity index (χ3n) is 4.25. The van der Waals surface area contributed by atoms with Crippen molar-refractivity contribution in [3.63, 3.8) is 0 Å². The molecule has 0 atom stereocenters. The summed E-state index contributed by atoms with van der Waals surface area (Å²) in [4.78, 5) is 26.2. The number of anilines is 1. The molecule has 1 fully saturated rings. The molecule has 2 aromatic rings. The summed E-state index contributed by atoms with van der Waals surface area (Å²) in [5.41, 5.74) is 1.67. The van der Waals surface area contributed by atoms with Crippen LogP contribution in [0, 0.1) is 6.92 Å². The normalized spacial score (nSPS) is 14.1. The molecule has 0 aliphatic carbocycles. The number of benzene rings is 1. The van der Waals surface area contributed by atoms with Crippen LogP contribution in [0.25, 0.3) is 0 Å². The van der Waals surface area contributed by atoms with Crippen molar-refractivity contribution in [3.8, 4) is 0 Å². The molecule has 1 saturated heterocycles. The van der Waals surface area contributed by atoms with Crippen LogP contribution in [-0.4, -0.2) is 45.8 Å². The molecule has 26 heavy (non-hydrogen) atoms. The van der Waals surface area contributed by atoms with Gasteiger partial charge in [-0.15, -0.1) is 10.2 Å². The first kappa shape index (κ1) is 18.4. The number of carbonyl (C=O) groups excluding carboxylic acids is 2. The van der Waals surface area contributed by atoms with E-state index in [4.69, 9.17) is 0 Å². The van der Waals surface area contributed by atoms with E-state index in [0.29, 0.717) is 22.2 Å². The summed E-state index contributed by atoms with van der Waals surface area (Å²) >= 11 is 1.37. The molecule has 0 spiro atoms. The Morgan fingerprint density at radius 1 is 1.04 bits per heavy atom. The van der Waals surface area contributed by atoms with Gasteiger partial charge < -0.3 is 10.2 Å². The average Bonchev–Trinajstić information content (AvgIpc) is 2.68. The monoisotopic (exact) mass is 370 g/mol. The smallest absolute Gasteiger partial charge is 0.256 e. The van der Waals surface area contributed by atoms with Gasteiger partial charge in [-0.1, -0.05) is 29.5 Å². The fourth-order valence-electron chi connectivity index (χ4n) is 2.73. The Kier molecular flexibility index (Phi) is 6.22. The van der Waals surface area contributed by atoms with E-state index in [2.05, 4.69) is 15.5 Å². The predicted octanol–water partition coefficient (Wildman–Crippen LogP) is 3.14. The highest BCUT2D eigenvalue weighted by Crippen LogP contribution is 2.18. The fraction of sp³-hybridized carbons (Fsp3) is 0.368. The van der Waals surface area contributed by atoms with Gasteiger partial charge in [0, 0.05) is 18.7 Å². The summed E-state index contributed by atoms with van der Waals surface area (Å²) in [7, 11) is 0. The number of rotatable bonds is 5. The van der Waals surface area contributed by atoms with Gasteiger partial charge in [-0.05, 0) is 50.5 Å². The predicted molar refractivity (Wildman–Crippen MR) is 102 cm³/mol. The lowest BCUT2D eigenvalue weighted by Gasteiger charge is -2.26. The Morgan fingerprint density at radius 3 is 2.42 bits per heavy atom. The Bertz CT molecular complexity index is 756. The van der Waals surface area contributed by atoms with Crippen molar-refractivity contribution in [2.24, 2.45) is 0 Å². The number of thioether (sulfide) groups is 1. The van der Waals surface area contributed by atoms with Gasteiger partial charge in [0.1, 0.15) is 5.03 Å². The molecule has 6 nitrogen and oxygen atoms in total. The first-order valence-corrected chi connectivity index (χ1v) is 9.73. The largest absolute Gasteiger partial charge is 0.342 e. The number of piperidine rings is 1. The summed E-state index contributed by atoms with van der Waals surface area (Å²) in [6.07, 6.45) is 3.38. The van der Waals surface area contributed by atoms with Crippen molar-refractivity contribution in [1.82, 2.24) is 15.1 Å². The number of aryl methyl sites for hydroxylation is 1. The number of nitrogens with zero attached hydrogens (tertiary/aromatic N) is 3. The molecule has 3 rings (SSSR count). The van der Waals surface area contributed by atoms with Crippen molar-refractivity contribution in [2.45, 2.75) is 31.2 Å². The van der Waals surface area contributed by atoms with Gasteiger partial charge in [-0.2, -0.15) is 0 Å². The molecule has 1 aliphatic heterocycles. The van der Waals surface area contributed by atoms with Gasteiger partial charge >= 0.3 is 0 Å². The SMILES string of the molecule is Cc1ccc(C(=O)Nc2ccc(SCC(=O)N3CCCCC3)nn2)cc1. The number of likely N-dealkylation sites (tertiary alicyclic amines) is 1. The topological polar surface area (TPSA) is 75.2 Å². The van der Waals surface area contributed by atoms with Crippen LogP contribution >= 0.6 is 11.8 Å². The lowest BCUT2D eigenvalue weighted by atomic mass is 10.1. The molecule has 136 valence electrons. The molecule has 1 aliphatic rings. The number of aromatic nitrogens is 2.